The van der Waals surface area contributed by atoms with E-state index in [0.717, 1.165) is 21.4 Å². The Labute approximate surface area is 127 Å². The van der Waals surface area contributed by atoms with Crippen molar-refractivity contribution in [2.75, 3.05) is 5.32 Å². The largest absolute Gasteiger partial charge is 0.355 e. The van der Waals surface area contributed by atoms with Gasteiger partial charge in [-0.1, -0.05) is 53.4 Å². The molecular weight excluding hydrogens is 310 g/mol. The number of hydrogen-bond acceptors (Lipinski definition) is 1. The second-order valence-electron chi connectivity index (χ2n) is 4.73. The Kier molecular flexibility index (Phi) is 3.33. The number of benzene rings is 2. The van der Waals surface area contributed by atoms with Crippen LogP contribution in [-0.4, -0.2) is 0 Å². The zero-order valence-electron chi connectivity index (χ0n) is 11.0. The molecule has 0 saturated heterocycles. The molecule has 2 heteroatoms. The Hall–Kier alpha value is -2.06. The summed E-state index contributed by atoms with van der Waals surface area (Å²) in [6.07, 6.45) is 3.94. The van der Waals surface area contributed by atoms with Gasteiger partial charge < -0.3 is 5.32 Å². The van der Waals surface area contributed by atoms with Crippen LogP contribution < -0.4 is 5.32 Å². The van der Waals surface area contributed by atoms with E-state index in [0.29, 0.717) is 0 Å². The zero-order valence-corrected chi connectivity index (χ0v) is 12.6. The van der Waals surface area contributed by atoms with Gasteiger partial charge in [0.05, 0.1) is 0 Å². The second kappa shape index (κ2) is 5.14. The number of hydrogen-bond donors (Lipinski definition) is 1. The molecule has 1 aliphatic heterocycles. The zero-order chi connectivity index (χ0) is 14.1. The van der Waals surface area contributed by atoms with E-state index in [-0.39, 0.29) is 0 Å². The Bertz CT molecular complexity index is 741. The topological polar surface area (TPSA) is 12.0 Å². The third-order valence-corrected chi connectivity index (χ3v) is 3.81. The number of rotatable bonds is 2. The predicted octanol–water partition coefficient (Wildman–Crippen LogP) is 5.46. The lowest BCUT2D eigenvalue weighted by Crippen LogP contribution is -2.06. The molecule has 1 heterocycles. The van der Waals surface area contributed by atoms with Crippen LogP contribution >= 0.6 is 15.9 Å². The second-order valence-corrected chi connectivity index (χ2v) is 5.64. The third-order valence-electron chi connectivity index (χ3n) is 3.32. The maximum atomic E-state index is 4.03. The van der Waals surface area contributed by atoms with Gasteiger partial charge in [0.1, 0.15) is 0 Å². The van der Waals surface area contributed by atoms with Crippen LogP contribution in [0.2, 0.25) is 0 Å². The van der Waals surface area contributed by atoms with Gasteiger partial charge in [0.15, 0.2) is 0 Å². The highest BCUT2D eigenvalue weighted by atomic mass is 79.9. The minimum Gasteiger partial charge on any atom is -0.355 e. The number of fused-ring (bicyclic) bond motifs is 1. The fraction of sp³-hybridized carbons (Fsp3) is 0. The third kappa shape index (κ3) is 2.35. The van der Waals surface area contributed by atoms with Crippen LogP contribution in [0.1, 0.15) is 16.7 Å². The van der Waals surface area contributed by atoms with Crippen molar-refractivity contribution in [1.82, 2.24) is 0 Å². The average molecular weight is 324 g/mol. The van der Waals surface area contributed by atoms with Gasteiger partial charge in [-0.15, -0.1) is 0 Å². The van der Waals surface area contributed by atoms with Crippen molar-refractivity contribution in [3.05, 3.63) is 88.6 Å². The quantitative estimate of drug-likeness (QED) is 0.773. The van der Waals surface area contributed by atoms with Crippen LogP contribution in [0.15, 0.2) is 71.9 Å². The summed E-state index contributed by atoms with van der Waals surface area (Å²) in [5, 5.41) is 3.30. The van der Waals surface area contributed by atoms with Crippen molar-refractivity contribution < 1.29 is 0 Å². The van der Waals surface area contributed by atoms with Gasteiger partial charge in [-0.3, -0.25) is 0 Å². The fourth-order valence-corrected chi connectivity index (χ4v) is 2.74. The first-order valence-electron chi connectivity index (χ1n) is 6.38. The molecule has 2 aromatic rings. The van der Waals surface area contributed by atoms with Gasteiger partial charge in [0.25, 0.3) is 0 Å². The lowest BCUT2D eigenvalue weighted by atomic mass is 9.92. The van der Waals surface area contributed by atoms with Crippen LogP contribution in [0.25, 0.3) is 11.6 Å². The molecule has 0 atom stereocenters. The molecule has 2 aromatic carbocycles. The summed E-state index contributed by atoms with van der Waals surface area (Å²) in [7, 11) is 0. The monoisotopic (exact) mass is 323 g/mol. The molecule has 0 saturated carbocycles. The molecule has 0 spiro atoms. The van der Waals surface area contributed by atoms with Crippen LogP contribution in [0.3, 0.4) is 0 Å². The van der Waals surface area contributed by atoms with E-state index in [1.54, 1.807) is 0 Å². The average Bonchev–Trinajstić information content (AvgIpc) is 2.47. The summed E-state index contributed by atoms with van der Waals surface area (Å²) < 4.78 is 1.07. The normalized spacial score (nSPS) is 13.2. The highest BCUT2D eigenvalue weighted by Gasteiger charge is 2.16. The molecule has 98 valence electrons. The van der Waals surface area contributed by atoms with Crippen molar-refractivity contribution >= 4 is 33.3 Å². The first kappa shape index (κ1) is 12.9. The summed E-state index contributed by atoms with van der Waals surface area (Å²) in [6.45, 7) is 7.87. The SMILES string of the molecule is C=Cc1cccc(C2=CC(=C)Nc3ccc(Br)cc32)c1. The van der Waals surface area contributed by atoms with E-state index in [4.69, 9.17) is 0 Å². The lowest BCUT2D eigenvalue weighted by molar-refractivity contribution is 1.40. The van der Waals surface area contributed by atoms with Gasteiger partial charge in [0, 0.05) is 21.4 Å². The molecule has 0 radical (unpaired) electrons. The summed E-state index contributed by atoms with van der Waals surface area (Å²) >= 11 is 3.54. The summed E-state index contributed by atoms with van der Waals surface area (Å²) in [4.78, 5) is 0. The van der Waals surface area contributed by atoms with Gasteiger partial charge in [-0.2, -0.15) is 0 Å². The molecule has 20 heavy (non-hydrogen) atoms. The van der Waals surface area contributed by atoms with Crippen molar-refractivity contribution in [3.63, 3.8) is 0 Å². The molecule has 3 rings (SSSR count). The van der Waals surface area contributed by atoms with Crippen molar-refractivity contribution in [2.45, 2.75) is 0 Å². The van der Waals surface area contributed by atoms with Crippen molar-refractivity contribution in [1.29, 1.82) is 0 Å². The number of halogens is 1. The molecule has 0 aliphatic carbocycles. The maximum absolute atomic E-state index is 4.03. The first-order valence-corrected chi connectivity index (χ1v) is 7.17. The molecule has 1 aliphatic rings. The lowest BCUT2D eigenvalue weighted by Gasteiger charge is -2.21. The summed E-state index contributed by atoms with van der Waals surface area (Å²) in [5.41, 5.74) is 6.62. The van der Waals surface area contributed by atoms with E-state index < -0.39 is 0 Å². The molecule has 1 nitrogen and oxygen atoms in total. The fourth-order valence-electron chi connectivity index (χ4n) is 2.38. The number of anilines is 1. The smallest absolute Gasteiger partial charge is 0.0464 e. The minimum absolute atomic E-state index is 0.902. The highest BCUT2D eigenvalue weighted by Crippen LogP contribution is 2.36. The van der Waals surface area contributed by atoms with E-state index >= 15 is 0 Å². The van der Waals surface area contributed by atoms with Crippen LogP contribution in [0, 0.1) is 0 Å². The van der Waals surface area contributed by atoms with Crippen LogP contribution in [0.4, 0.5) is 5.69 Å². The predicted molar refractivity (Wildman–Crippen MR) is 90.5 cm³/mol. The molecule has 0 amide bonds. The number of allylic oxidation sites excluding steroid dienone is 1. The van der Waals surface area contributed by atoms with Gasteiger partial charge in [-0.05, 0) is 47.0 Å². The van der Waals surface area contributed by atoms with Crippen LogP contribution in [-0.2, 0) is 0 Å². The molecule has 0 unspecified atom stereocenters. The highest BCUT2D eigenvalue weighted by molar-refractivity contribution is 9.10. The van der Waals surface area contributed by atoms with E-state index in [1.807, 2.05) is 12.1 Å². The summed E-state index contributed by atoms with van der Waals surface area (Å²) in [5.74, 6) is 0. The Morgan fingerprint density at radius 2 is 1.95 bits per heavy atom. The Morgan fingerprint density at radius 1 is 1.10 bits per heavy atom. The van der Waals surface area contributed by atoms with Gasteiger partial charge >= 0.3 is 0 Å². The molecule has 0 aromatic heterocycles. The molecule has 0 fully saturated rings. The Balaban J connectivity index is 2.19. The van der Waals surface area contributed by atoms with Gasteiger partial charge in [0.2, 0.25) is 0 Å². The minimum atomic E-state index is 0.902. The van der Waals surface area contributed by atoms with Crippen molar-refractivity contribution in [3.8, 4) is 0 Å². The maximum Gasteiger partial charge on any atom is 0.0464 e. The van der Waals surface area contributed by atoms with E-state index in [9.17, 15) is 0 Å². The van der Waals surface area contributed by atoms with Crippen molar-refractivity contribution in [2.24, 2.45) is 0 Å². The van der Waals surface area contributed by atoms with E-state index in [2.05, 4.69) is 76.9 Å². The standard InChI is InChI=1S/C18H14BrN/c1-3-13-5-4-6-14(10-13)16-9-12(2)20-18-8-7-15(19)11-17(16)18/h3-11,20H,1-2H2. The Morgan fingerprint density at radius 3 is 2.75 bits per heavy atom. The van der Waals surface area contributed by atoms with Crippen LogP contribution in [0.5, 0.6) is 0 Å². The molecule has 0 bridgehead atoms. The van der Waals surface area contributed by atoms with E-state index in [1.165, 1.54) is 16.7 Å². The first-order chi connectivity index (χ1) is 9.67. The molecule has 1 N–H and O–H groups in total. The van der Waals surface area contributed by atoms with Gasteiger partial charge in [-0.25, -0.2) is 0 Å². The summed E-state index contributed by atoms with van der Waals surface area (Å²) in [6, 6.07) is 14.6. The molecular formula is C18H14BrN. The number of nitrogens with one attached hydrogen (secondary N) is 1.